The van der Waals surface area contributed by atoms with Crippen molar-refractivity contribution in [3.8, 4) is 0 Å². The fourth-order valence-electron chi connectivity index (χ4n) is 2.46. The van der Waals surface area contributed by atoms with Gasteiger partial charge in [-0.25, -0.2) is 0 Å². The Morgan fingerprint density at radius 2 is 1.96 bits per heavy atom. The quantitative estimate of drug-likeness (QED) is 0.669. The van der Waals surface area contributed by atoms with E-state index in [1.54, 1.807) is 11.8 Å². The minimum atomic E-state index is 0.0182. The molecule has 3 aromatic rings. The number of aryl methyl sites for hydroxylation is 1. The van der Waals surface area contributed by atoms with Crippen molar-refractivity contribution in [1.29, 1.82) is 0 Å². The molecule has 0 bridgehead atoms. The van der Waals surface area contributed by atoms with Crippen molar-refractivity contribution in [3.05, 3.63) is 48.4 Å². The van der Waals surface area contributed by atoms with E-state index in [4.69, 9.17) is 4.42 Å². The van der Waals surface area contributed by atoms with Gasteiger partial charge in [0.05, 0.1) is 11.4 Å². The smallest absolute Gasteiger partial charge is 0.277 e. The van der Waals surface area contributed by atoms with Crippen molar-refractivity contribution in [2.45, 2.75) is 19.1 Å². The first-order chi connectivity index (χ1) is 11.2. The highest BCUT2D eigenvalue weighted by atomic mass is 32.2. The summed E-state index contributed by atoms with van der Waals surface area (Å²) in [6, 6.07) is 14.1. The lowest BCUT2D eigenvalue weighted by Crippen LogP contribution is -2.32. The van der Waals surface area contributed by atoms with E-state index in [-0.39, 0.29) is 11.7 Å². The number of anilines is 1. The molecule has 0 N–H and O–H groups in total. The molecule has 23 heavy (non-hydrogen) atoms. The fourth-order valence-corrected chi connectivity index (χ4v) is 3.14. The Balaban J connectivity index is 1.82. The van der Waals surface area contributed by atoms with Crippen LogP contribution in [0.5, 0.6) is 0 Å². The average molecular weight is 327 g/mol. The minimum Gasteiger partial charge on any atom is -0.416 e. The molecule has 1 amide bonds. The largest absolute Gasteiger partial charge is 0.416 e. The summed E-state index contributed by atoms with van der Waals surface area (Å²) in [7, 11) is 0. The number of amides is 1. The van der Waals surface area contributed by atoms with Crippen LogP contribution in [0.1, 0.15) is 12.8 Å². The average Bonchev–Trinajstić information content (AvgIpc) is 2.99. The molecule has 2 aromatic carbocycles. The molecule has 0 spiro atoms. The molecule has 6 heteroatoms. The molecule has 118 valence electrons. The van der Waals surface area contributed by atoms with Gasteiger partial charge in [-0.3, -0.25) is 4.79 Å². The van der Waals surface area contributed by atoms with Gasteiger partial charge in [0.25, 0.3) is 5.22 Å². The van der Waals surface area contributed by atoms with E-state index in [1.807, 2.05) is 49.4 Å². The summed E-state index contributed by atoms with van der Waals surface area (Å²) < 4.78 is 5.29. The van der Waals surface area contributed by atoms with E-state index in [2.05, 4.69) is 10.2 Å². The molecule has 0 saturated heterocycles. The topological polar surface area (TPSA) is 59.2 Å². The zero-order valence-electron chi connectivity index (χ0n) is 13.0. The van der Waals surface area contributed by atoms with Gasteiger partial charge in [0.15, 0.2) is 0 Å². The molecule has 0 radical (unpaired) electrons. The molecule has 3 rings (SSSR count). The second-order valence-corrected chi connectivity index (χ2v) is 5.94. The predicted octanol–water partition coefficient (Wildman–Crippen LogP) is 3.68. The molecule has 0 atom stereocenters. The molecular formula is C17H17N3O2S. The van der Waals surface area contributed by atoms with Crippen LogP contribution in [0.3, 0.4) is 0 Å². The maximum atomic E-state index is 12.6. The van der Waals surface area contributed by atoms with Gasteiger partial charge in [-0.1, -0.05) is 48.2 Å². The van der Waals surface area contributed by atoms with E-state index >= 15 is 0 Å². The maximum absolute atomic E-state index is 12.6. The van der Waals surface area contributed by atoms with Crippen LogP contribution in [0.2, 0.25) is 0 Å². The monoisotopic (exact) mass is 327 g/mol. The van der Waals surface area contributed by atoms with Crippen molar-refractivity contribution in [2.75, 3.05) is 17.2 Å². The van der Waals surface area contributed by atoms with Crippen LogP contribution in [-0.2, 0) is 4.79 Å². The van der Waals surface area contributed by atoms with Gasteiger partial charge in [-0.15, -0.1) is 10.2 Å². The summed E-state index contributed by atoms with van der Waals surface area (Å²) in [5, 5.41) is 10.3. The number of benzene rings is 2. The number of carbonyl (C=O) groups is 1. The molecule has 0 unspecified atom stereocenters. The molecule has 1 aromatic heterocycles. The van der Waals surface area contributed by atoms with Gasteiger partial charge < -0.3 is 9.32 Å². The first kappa shape index (κ1) is 15.6. The van der Waals surface area contributed by atoms with Gasteiger partial charge in [0, 0.05) is 18.9 Å². The van der Waals surface area contributed by atoms with Gasteiger partial charge >= 0.3 is 0 Å². The van der Waals surface area contributed by atoms with E-state index in [9.17, 15) is 4.79 Å². The Morgan fingerprint density at radius 3 is 2.70 bits per heavy atom. The second kappa shape index (κ2) is 6.83. The van der Waals surface area contributed by atoms with Crippen LogP contribution in [0.15, 0.2) is 52.1 Å². The highest BCUT2D eigenvalue weighted by Crippen LogP contribution is 2.27. The molecule has 0 fully saturated rings. The number of nitrogens with zero attached hydrogens (tertiary/aromatic N) is 3. The van der Waals surface area contributed by atoms with E-state index in [1.165, 1.54) is 11.8 Å². The lowest BCUT2D eigenvalue weighted by atomic mass is 10.1. The van der Waals surface area contributed by atoms with Crippen LogP contribution in [0.4, 0.5) is 5.69 Å². The molecule has 0 aliphatic carbocycles. The van der Waals surface area contributed by atoms with E-state index in [0.717, 1.165) is 16.5 Å². The normalized spacial score (nSPS) is 10.9. The molecular weight excluding hydrogens is 310 g/mol. The third kappa shape index (κ3) is 3.37. The summed E-state index contributed by atoms with van der Waals surface area (Å²) in [5.74, 6) is 0.782. The standard InChI is InChI=1S/C17H17N3O2S/c1-3-20(16(21)11-23-17-19-18-12(2)22-17)15-10-6-8-13-7-4-5-9-14(13)15/h4-10H,3,11H2,1-2H3. The Labute approximate surface area is 138 Å². The summed E-state index contributed by atoms with van der Waals surface area (Å²) in [5.41, 5.74) is 0.929. The molecule has 0 aliphatic rings. The highest BCUT2D eigenvalue weighted by molar-refractivity contribution is 7.99. The van der Waals surface area contributed by atoms with Gasteiger partial charge in [0.2, 0.25) is 11.8 Å². The summed E-state index contributed by atoms with van der Waals surface area (Å²) in [6.07, 6.45) is 0. The fraction of sp³-hybridized carbons (Fsp3) is 0.235. The molecule has 0 aliphatic heterocycles. The summed E-state index contributed by atoms with van der Waals surface area (Å²) in [6.45, 7) is 4.31. The Morgan fingerprint density at radius 1 is 1.17 bits per heavy atom. The number of aromatic nitrogens is 2. The van der Waals surface area contributed by atoms with Crippen LogP contribution < -0.4 is 4.90 Å². The lowest BCUT2D eigenvalue weighted by molar-refractivity contribution is -0.116. The zero-order valence-corrected chi connectivity index (χ0v) is 13.8. The number of thioether (sulfide) groups is 1. The first-order valence-electron chi connectivity index (χ1n) is 7.40. The van der Waals surface area contributed by atoms with Gasteiger partial charge in [-0.2, -0.15) is 0 Å². The van der Waals surface area contributed by atoms with Crippen molar-refractivity contribution in [1.82, 2.24) is 10.2 Å². The third-order valence-corrected chi connectivity index (χ3v) is 4.30. The number of hydrogen-bond donors (Lipinski definition) is 0. The first-order valence-corrected chi connectivity index (χ1v) is 8.38. The predicted molar refractivity (Wildman–Crippen MR) is 91.7 cm³/mol. The zero-order chi connectivity index (χ0) is 16.2. The Bertz CT molecular complexity index is 826. The van der Waals surface area contributed by atoms with E-state index < -0.39 is 0 Å². The van der Waals surface area contributed by atoms with Crippen molar-refractivity contribution in [3.63, 3.8) is 0 Å². The maximum Gasteiger partial charge on any atom is 0.277 e. The number of rotatable bonds is 5. The SMILES string of the molecule is CCN(C(=O)CSc1nnc(C)o1)c1cccc2ccccc12. The van der Waals surface area contributed by atoms with E-state index in [0.29, 0.717) is 17.7 Å². The summed E-state index contributed by atoms with van der Waals surface area (Å²) >= 11 is 1.26. The number of carbonyl (C=O) groups excluding carboxylic acids is 1. The Hall–Kier alpha value is -2.34. The number of hydrogen-bond acceptors (Lipinski definition) is 5. The summed E-state index contributed by atoms with van der Waals surface area (Å²) in [4.78, 5) is 14.4. The number of fused-ring (bicyclic) bond motifs is 1. The van der Waals surface area contributed by atoms with Crippen LogP contribution in [0.25, 0.3) is 10.8 Å². The van der Waals surface area contributed by atoms with Crippen LogP contribution in [0, 0.1) is 6.92 Å². The van der Waals surface area contributed by atoms with Crippen molar-refractivity contribution < 1.29 is 9.21 Å². The Kier molecular flexibility index (Phi) is 4.62. The van der Waals surface area contributed by atoms with Gasteiger partial charge in [-0.05, 0) is 18.4 Å². The molecule has 1 heterocycles. The highest BCUT2D eigenvalue weighted by Gasteiger charge is 2.17. The van der Waals surface area contributed by atoms with Crippen LogP contribution in [-0.4, -0.2) is 28.4 Å². The van der Waals surface area contributed by atoms with Crippen molar-refractivity contribution in [2.24, 2.45) is 0 Å². The van der Waals surface area contributed by atoms with Crippen LogP contribution >= 0.6 is 11.8 Å². The van der Waals surface area contributed by atoms with Crippen molar-refractivity contribution >= 4 is 34.1 Å². The third-order valence-electron chi connectivity index (χ3n) is 3.50. The lowest BCUT2D eigenvalue weighted by Gasteiger charge is -2.22. The minimum absolute atomic E-state index is 0.0182. The molecule has 5 nitrogen and oxygen atoms in total. The van der Waals surface area contributed by atoms with Gasteiger partial charge in [0.1, 0.15) is 0 Å². The second-order valence-electron chi connectivity index (χ2n) is 5.01. The molecule has 0 saturated carbocycles.